The molecule has 0 radical (unpaired) electrons. The lowest BCUT2D eigenvalue weighted by molar-refractivity contribution is 0.0726. The van der Waals surface area contributed by atoms with Crippen molar-refractivity contribution >= 4 is 11.8 Å². The Morgan fingerprint density at radius 1 is 1.14 bits per heavy atom. The first kappa shape index (κ1) is 18.0. The second-order valence-corrected chi connectivity index (χ2v) is 6.64. The molecule has 0 fully saturated rings. The Labute approximate surface area is 162 Å². The smallest absolute Gasteiger partial charge is 0.291 e. The third-order valence-electron chi connectivity index (χ3n) is 4.99. The predicted molar refractivity (Wildman–Crippen MR) is 102 cm³/mol. The number of oxazole rings is 1. The van der Waals surface area contributed by atoms with E-state index in [1.165, 1.54) is 6.39 Å². The molecule has 1 aliphatic heterocycles. The highest BCUT2D eigenvalue weighted by molar-refractivity contribution is 5.94. The summed E-state index contributed by atoms with van der Waals surface area (Å²) >= 11 is 0. The number of benzene rings is 1. The summed E-state index contributed by atoms with van der Waals surface area (Å²) in [4.78, 5) is 35.6. The van der Waals surface area contributed by atoms with Crippen molar-refractivity contribution in [2.24, 2.45) is 0 Å². The van der Waals surface area contributed by atoms with Gasteiger partial charge < -0.3 is 19.2 Å². The maximum absolute atomic E-state index is 12.8. The molecule has 3 aromatic rings. The minimum Gasteiger partial charge on any atom is -0.438 e. The van der Waals surface area contributed by atoms with E-state index in [1.807, 2.05) is 34.9 Å². The maximum atomic E-state index is 12.8. The summed E-state index contributed by atoms with van der Waals surface area (Å²) in [6, 6.07) is 9.75. The van der Waals surface area contributed by atoms with Crippen LogP contribution in [0, 0.1) is 6.92 Å². The lowest BCUT2D eigenvalue weighted by atomic mass is 10.2. The zero-order valence-corrected chi connectivity index (χ0v) is 15.8. The van der Waals surface area contributed by atoms with Crippen molar-refractivity contribution in [2.45, 2.75) is 19.9 Å². The quantitative estimate of drug-likeness (QED) is 0.750. The summed E-state index contributed by atoms with van der Waals surface area (Å²) in [7, 11) is 1.59. The lowest BCUT2D eigenvalue weighted by Crippen LogP contribution is -2.34. The molecule has 8 nitrogen and oxygen atoms in total. The van der Waals surface area contributed by atoms with Gasteiger partial charge in [0.2, 0.25) is 5.76 Å². The average Bonchev–Trinajstić information content (AvgIpc) is 3.24. The normalized spacial score (nSPS) is 13.7. The van der Waals surface area contributed by atoms with Gasteiger partial charge in [-0.15, -0.1) is 0 Å². The molecule has 8 heteroatoms. The minimum absolute atomic E-state index is 0.184. The molecular formula is C20H21N5O3. The first-order chi connectivity index (χ1) is 13.6. The molecular weight excluding hydrogens is 358 g/mol. The number of fused-ring (bicyclic) bond motifs is 1. The van der Waals surface area contributed by atoms with E-state index in [0.717, 1.165) is 17.1 Å². The van der Waals surface area contributed by atoms with Crippen molar-refractivity contribution in [2.75, 3.05) is 20.1 Å². The van der Waals surface area contributed by atoms with Gasteiger partial charge in [0.25, 0.3) is 11.8 Å². The van der Waals surface area contributed by atoms with Crippen molar-refractivity contribution < 1.29 is 14.0 Å². The molecule has 0 atom stereocenters. The number of nitrogens with one attached hydrogen (secondary N) is 1. The van der Waals surface area contributed by atoms with Gasteiger partial charge in [0.1, 0.15) is 11.5 Å². The third-order valence-corrected chi connectivity index (χ3v) is 4.99. The highest BCUT2D eigenvalue weighted by atomic mass is 16.3. The summed E-state index contributed by atoms with van der Waals surface area (Å²) in [5.41, 5.74) is 2.76. The van der Waals surface area contributed by atoms with Crippen LogP contribution in [0.5, 0.6) is 0 Å². The number of rotatable bonds is 3. The molecule has 0 unspecified atom stereocenters. The molecule has 2 aromatic heterocycles. The summed E-state index contributed by atoms with van der Waals surface area (Å²) in [5, 5.41) is 2.66. The van der Waals surface area contributed by atoms with E-state index in [-0.39, 0.29) is 17.6 Å². The largest absolute Gasteiger partial charge is 0.438 e. The topological polar surface area (TPSA) is 93.3 Å². The van der Waals surface area contributed by atoms with E-state index < -0.39 is 0 Å². The van der Waals surface area contributed by atoms with E-state index in [2.05, 4.69) is 15.3 Å². The average molecular weight is 379 g/mol. The molecule has 1 aliphatic rings. The van der Waals surface area contributed by atoms with Crippen molar-refractivity contribution in [1.82, 2.24) is 24.8 Å². The fourth-order valence-electron chi connectivity index (χ4n) is 3.52. The van der Waals surface area contributed by atoms with Gasteiger partial charge >= 0.3 is 0 Å². The van der Waals surface area contributed by atoms with Gasteiger partial charge in [-0.1, -0.05) is 30.3 Å². The Morgan fingerprint density at radius 2 is 1.93 bits per heavy atom. The molecule has 0 saturated carbocycles. The standard InChI is InChI=1S/C20H21N5O3/c1-13-17(28-12-22-13)20(27)24-9-8-15-16(19(26)21-2)23-18(25(15)11-10-24)14-6-4-3-5-7-14/h3-7,12H,8-11H2,1-2H3,(H,21,26). The van der Waals surface area contributed by atoms with Gasteiger partial charge in [-0.3, -0.25) is 9.59 Å². The zero-order valence-electron chi connectivity index (χ0n) is 15.8. The first-order valence-corrected chi connectivity index (χ1v) is 9.16. The number of aryl methyl sites for hydroxylation is 1. The Bertz CT molecular complexity index is 1020. The number of carbonyl (C=O) groups excluding carboxylic acids is 2. The Kier molecular flexibility index (Phi) is 4.68. The van der Waals surface area contributed by atoms with Gasteiger partial charge in [-0.05, 0) is 6.92 Å². The number of hydrogen-bond donors (Lipinski definition) is 1. The fourth-order valence-corrected chi connectivity index (χ4v) is 3.52. The van der Waals surface area contributed by atoms with Gasteiger partial charge in [-0.2, -0.15) is 0 Å². The molecule has 2 amide bonds. The van der Waals surface area contributed by atoms with Crippen molar-refractivity contribution in [3.05, 3.63) is 59.6 Å². The molecule has 0 bridgehead atoms. The van der Waals surface area contributed by atoms with E-state index in [9.17, 15) is 9.59 Å². The van der Waals surface area contributed by atoms with Crippen LogP contribution in [-0.2, 0) is 13.0 Å². The number of hydrogen-bond acceptors (Lipinski definition) is 5. The van der Waals surface area contributed by atoms with Crippen LogP contribution in [0.3, 0.4) is 0 Å². The molecule has 28 heavy (non-hydrogen) atoms. The van der Waals surface area contributed by atoms with Crippen LogP contribution in [0.25, 0.3) is 11.4 Å². The van der Waals surface area contributed by atoms with Crippen molar-refractivity contribution in [3.8, 4) is 11.4 Å². The Balaban J connectivity index is 1.70. The molecule has 144 valence electrons. The minimum atomic E-state index is -0.225. The SMILES string of the molecule is CNC(=O)c1nc(-c2ccccc2)n2c1CCN(C(=O)c1ocnc1C)CC2. The highest BCUT2D eigenvalue weighted by Gasteiger charge is 2.29. The first-order valence-electron chi connectivity index (χ1n) is 9.16. The van der Waals surface area contributed by atoms with Crippen LogP contribution in [-0.4, -0.2) is 51.4 Å². The molecule has 4 rings (SSSR count). The summed E-state index contributed by atoms with van der Waals surface area (Å²) in [6.45, 7) is 3.26. The lowest BCUT2D eigenvalue weighted by Gasteiger charge is -2.19. The molecule has 3 heterocycles. The van der Waals surface area contributed by atoms with Crippen LogP contribution >= 0.6 is 0 Å². The molecule has 0 aliphatic carbocycles. The highest BCUT2D eigenvalue weighted by Crippen LogP contribution is 2.25. The second kappa shape index (κ2) is 7.30. The number of amides is 2. The van der Waals surface area contributed by atoms with Crippen LogP contribution in [0.15, 0.2) is 41.1 Å². The van der Waals surface area contributed by atoms with Crippen LogP contribution in [0.4, 0.5) is 0 Å². The molecule has 0 saturated heterocycles. The number of nitrogens with zero attached hydrogens (tertiary/aromatic N) is 4. The number of imidazole rings is 1. The summed E-state index contributed by atoms with van der Waals surface area (Å²) < 4.78 is 7.31. The maximum Gasteiger partial charge on any atom is 0.291 e. The van der Waals surface area contributed by atoms with Gasteiger partial charge in [-0.25, -0.2) is 9.97 Å². The summed E-state index contributed by atoms with van der Waals surface area (Å²) in [5.74, 6) is 0.590. The molecule has 1 aromatic carbocycles. The fraction of sp³-hybridized carbons (Fsp3) is 0.300. The monoisotopic (exact) mass is 379 g/mol. The van der Waals surface area contributed by atoms with Crippen LogP contribution in [0.2, 0.25) is 0 Å². The van der Waals surface area contributed by atoms with E-state index >= 15 is 0 Å². The Hall–Kier alpha value is -3.42. The Morgan fingerprint density at radius 3 is 2.61 bits per heavy atom. The number of carbonyl (C=O) groups is 2. The van der Waals surface area contributed by atoms with Crippen molar-refractivity contribution in [1.29, 1.82) is 0 Å². The van der Waals surface area contributed by atoms with Gasteiger partial charge in [0, 0.05) is 38.7 Å². The zero-order chi connectivity index (χ0) is 19.7. The summed E-state index contributed by atoms with van der Waals surface area (Å²) in [6.07, 6.45) is 1.81. The van der Waals surface area contributed by atoms with E-state index in [1.54, 1.807) is 18.9 Å². The van der Waals surface area contributed by atoms with Gasteiger partial charge in [0.15, 0.2) is 6.39 Å². The van der Waals surface area contributed by atoms with Gasteiger partial charge in [0.05, 0.1) is 11.4 Å². The molecule has 1 N–H and O–H groups in total. The van der Waals surface area contributed by atoms with E-state index in [4.69, 9.17) is 4.42 Å². The third kappa shape index (κ3) is 3.06. The van der Waals surface area contributed by atoms with Crippen LogP contribution < -0.4 is 5.32 Å². The predicted octanol–water partition coefficient (Wildman–Crippen LogP) is 1.90. The van der Waals surface area contributed by atoms with Crippen molar-refractivity contribution in [3.63, 3.8) is 0 Å². The molecule has 0 spiro atoms. The van der Waals surface area contributed by atoms with E-state index in [0.29, 0.717) is 37.4 Å². The van der Waals surface area contributed by atoms with Crippen LogP contribution in [0.1, 0.15) is 32.4 Å². The second-order valence-electron chi connectivity index (χ2n) is 6.64. The number of aromatic nitrogens is 3.